The molecule has 190 valence electrons. The summed E-state index contributed by atoms with van der Waals surface area (Å²) in [6.07, 6.45) is 4.51. The number of piperidine rings is 1. The fourth-order valence-electron chi connectivity index (χ4n) is 4.47. The number of anilines is 1. The average molecular weight is 504 g/mol. The van der Waals surface area contributed by atoms with E-state index in [9.17, 15) is 29.8 Å². The number of likely N-dealkylation sites (tertiary alicyclic amines) is 1. The number of nitro benzene ring substituents is 2. The predicted octanol–water partition coefficient (Wildman–Crippen LogP) is 4.14. The Labute approximate surface area is 212 Å². The lowest BCUT2D eigenvalue weighted by molar-refractivity contribution is -0.422. The van der Waals surface area contributed by atoms with E-state index in [1.807, 2.05) is 30.3 Å². The number of nitro groups is 2. The van der Waals surface area contributed by atoms with Crippen LogP contribution in [0.25, 0.3) is 0 Å². The maximum Gasteiger partial charge on any atom is 0.346 e. The summed E-state index contributed by atoms with van der Waals surface area (Å²) in [4.78, 5) is 54.7. The van der Waals surface area contributed by atoms with Crippen molar-refractivity contribution in [3.63, 3.8) is 0 Å². The Hall–Kier alpha value is -4.51. The average Bonchev–Trinajstić information content (AvgIpc) is 2.93. The predicted molar refractivity (Wildman–Crippen MR) is 136 cm³/mol. The second-order valence-corrected chi connectivity index (χ2v) is 8.73. The molecule has 0 bridgehead atoms. The van der Waals surface area contributed by atoms with Gasteiger partial charge >= 0.3 is 11.4 Å². The molecule has 1 aliphatic heterocycles. The Morgan fingerprint density at radius 1 is 0.919 bits per heavy atom. The molecule has 1 fully saturated rings. The molecule has 4 rings (SSSR count). The summed E-state index contributed by atoms with van der Waals surface area (Å²) in [5.41, 5.74) is -0.239. The summed E-state index contributed by atoms with van der Waals surface area (Å²) in [5.74, 6) is -0.428. The standard InChI is InChI=1S/C26H25N5O6/c32-25(19-5-2-1-3-6-19)20-10-13-28(14-11-20)15-16-29(22-7-4-12-27-18-22)26(33)21-8-9-23(30(34)35)24(17-21)31(36)37/h1-9,12,17-18,20H,10-11,13-16H2. The molecule has 0 N–H and O–H groups in total. The Balaban J connectivity index is 1.46. The number of pyridine rings is 1. The molecule has 2 aromatic carbocycles. The highest BCUT2D eigenvalue weighted by atomic mass is 16.6. The molecule has 1 amide bonds. The van der Waals surface area contributed by atoms with E-state index in [4.69, 9.17) is 0 Å². The van der Waals surface area contributed by atoms with Crippen LogP contribution in [0.4, 0.5) is 17.1 Å². The summed E-state index contributed by atoms with van der Waals surface area (Å²) >= 11 is 0. The molecule has 0 radical (unpaired) electrons. The SMILES string of the molecule is O=C(c1ccccc1)C1CCN(CCN(C(=O)c2ccc([N+](=O)[O-])c([N+](=O)[O-])c2)c2cccnc2)CC1. The Morgan fingerprint density at radius 2 is 1.62 bits per heavy atom. The van der Waals surface area contributed by atoms with Gasteiger partial charge in [0.1, 0.15) is 0 Å². The van der Waals surface area contributed by atoms with Crippen LogP contribution in [0.2, 0.25) is 0 Å². The monoisotopic (exact) mass is 503 g/mol. The van der Waals surface area contributed by atoms with Crippen molar-refractivity contribution in [3.8, 4) is 0 Å². The van der Waals surface area contributed by atoms with Gasteiger partial charge in [-0.1, -0.05) is 30.3 Å². The lowest BCUT2D eigenvalue weighted by atomic mass is 9.89. The molecule has 0 unspecified atom stereocenters. The van der Waals surface area contributed by atoms with Crippen LogP contribution >= 0.6 is 0 Å². The largest absolute Gasteiger partial charge is 0.346 e. The zero-order chi connectivity index (χ0) is 26.4. The number of Topliss-reactive ketones (excluding diaryl/α,β-unsaturated/α-hetero) is 1. The fourth-order valence-corrected chi connectivity index (χ4v) is 4.47. The van der Waals surface area contributed by atoms with Crippen molar-refractivity contribution < 1.29 is 19.4 Å². The van der Waals surface area contributed by atoms with E-state index in [0.717, 1.165) is 12.1 Å². The van der Waals surface area contributed by atoms with E-state index < -0.39 is 27.1 Å². The molecule has 1 saturated heterocycles. The van der Waals surface area contributed by atoms with Crippen LogP contribution in [0.15, 0.2) is 73.1 Å². The Bertz CT molecular complexity index is 1290. The maximum atomic E-state index is 13.4. The van der Waals surface area contributed by atoms with Gasteiger partial charge < -0.3 is 9.80 Å². The summed E-state index contributed by atoms with van der Waals surface area (Å²) < 4.78 is 0. The first-order valence-corrected chi connectivity index (χ1v) is 11.8. The van der Waals surface area contributed by atoms with Crippen molar-refractivity contribution in [1.82, 2.24) is 9.88 Å². The van der Waals surface area contributed by atoms with Crippen LogP contribution in [-0.4, -0.2) is 57.6 Å². The van der Waals surface area contributed by atoms with Gasteiger partial charge in [-0.15, -0.1) is 0 Å². The normalized spacial score (nSPS) is 14.2. The number of carbonyl (C=O) groups excluding carboxylic acids is 2. The molecule has 1 aliphatic rings. The molecule has 2 heterocycles. The van der Waals surface area contributed by atoms with Crippen LogP contribution in [0, 0.1) is 26.1 Å². The number of carbonyl (C=O) groups is 2. The zero-order valence-corrected chi connectivity index (χ0v) is 19.9. The molecule has 1 aromatic heterocycles. The molecule has 0 saturated carbocycles. The number of amides is 1. The number of hydrogen-bond donors (Lipinski definition) is 0. The Morgan fingerprint density at radius 3 is 2.24 bits per heavy atom. The molecule has 0 aliphatic carbocycles. The summed E-state index contributed by atoms with van der Waals surface area (Å²) in [5, 5.41) is 22.5. The number of nitrogens with zero attached hydrogens (tertiary/aromatic N) is 5. The zero-order valence-electron chi connectivity index (χ0n) is 19.9. The second kappa shape index (κ2) is 11.5. The lowest BCUT2D eigenvalue weighted by Gasteiger charge is -2.33. The smallest absolute Gasteiger partial charge is 0.306 e. The topological polar surface area (TPSA) is 140 Å². The number of hydrogen-bond acceptors (Lipinski definition) is 8. The molecule has 11 heteroatoms. The van der Waals surface area contributed by atoms with Crippen molar-refractivity contribution >= 4 is 28.8 Å². The molecule has 0 atom stereocenters. The van der Waals surface area contributed by atoms with Gasteiger partial charge in [0, 0.05) is 48.5 Å². The highest BCUT2D eigenvalue weighted by molar-refractivity contribution is 6.06. The second-order valence-electron chi connectivity index (χ2n) is 8.73. The molecular weight excluding hydrogens is 478 g/mol. The molecular formula is C26H25N5O6. The van der Waals surface area contributed by atoms with Crippen LogP contribution < -0.4 is 4.90 Å². The van der Waals surface area contributed by atoms with Crippen molar-refractivity contribution in [2.45, 2.75) is 12.8 Å². The summed E-state index contributed by atoms with van der Waals surface area (Å²) in [6, 6.07) is 15.7. The van der Waals surface area contributed by atoms with Crippen molar-refractivity contribution in [2.24, 2.45) is 5.92 Å². The minimum Gasteiger partial charge on any atom is -0.306 e. The van der Waals surface area contributed by atoms with Gasteiger partial charge in [0.2, 0.25) is 0 Å². The molecule has 37 heavy (non-hydrogen) atoms. The van der Waals surface area contributed by atoms with E-state index in [1.54, 1.807) is 18.3 Å². The third-order valence-corrected chi connectivity index (χ3v) is 6.48. The van der Waals surface area contributed by atoms with Gasteiger partial charge in [0.15, 0.2) is 5.78 Å². The van der Waals surface area contributed by atoms with Gasteiger partial charge in [0.25, 0.3) is 5.91 Å². The molecule has 0 spiro atoms. The third kappa shape index (κ3) is 6.01. The van der Waals surface area contributed by atoms with Crippen molar-refractivity contribution in [1.29, 1.82) is 0 Å². The number of ketones is 1. The van der Waals surface area contributed by atoms with E-state index in [2.05, 4.69) is 9.88 Å². The van der Waals surface area contributed by atoms with Crippen LogP contribution in [0.5, 0.6) is 0 Å². The summed E-state index contributed by atoms with van der Waals surface area (Å²) in [6.45, 7) is 2.18. The minimum absolute atomic E-state index is 0.0340. The first-order chi connectivity index (χ1) is 17.8. The van der Waals surface area contributed by atoms with Gasteiger partial charge in [-0.25, -0.2) is 0 Å². The van der Waals surface area contributed by atoms with Gasteiger partial charge in [-0.05, 0) is 44.1 Å². The number of aromatic nitrogens is 1. The first kappa shape index (κ1) is 25.6. The molecule has 11 nitrogen and oxygen atoms in total. The first-order valence-electron chi connectivity index (χ1n) is 11.8. The van der Waals surface area contributed by atoms with Crippen LogP contribution in [0.1, 0.15) is 33.6 Å². The fraction of sp³-hybridized carbons (Fsp3) is 0.269. The van der Waals surface area contributed by atoms with Crippen molar-refractivity contribution in [3.05, 3.63) is 104 Å². The number of rotatable bonds is 9. The highest BCUT2D eigenvalue weighted by Crippen LogP contribution is 2.29. The Kier molecular flexibility index (Phi) is 7.94. The van der Waals surface area contributed by atoms with E-state index >= 15 is 0 Å². The number of benzene rings is 2. The quantitative estimate of drug-likeness (QED) is 0.241. The minimum atomic E-state index is -0.871. The van der Waals surface area contributed by atoms with Crippen molar-refractivity contribution in [2.75, 3.05) is 31.1 Å². The van der Waals surface area contributed by atoms with Gasteiger partial charge in [-0.2, -0.15) is 0 Å². The van der Waals surface area contributed by atoms with Crippen LogP contribution in [0.3, 0.4) is 0 Å². The van der Waals surface area contributed by atoms with E-state index in [0.29, 0.717) is 43.7 Å². The van der Waals surface area contributed by atoms with Gasteiger partial charge in [0.05, 0.1) is 21.7 Å². The van der Waals surface area contributed by atoms with Crippen LogP contribution in [-0.2, 0) is 0 Å². The lowest BCUT2D eigenvalue weighted by Crippen LogP contribution is -2.43. The van der Waals surface area contributed by atoms with Gasteiger partial charge in [-0.3, -0.25) is 34.8 Å². The third-order valence-electron chi connectivity index (χ3n) is 6.48. The maximum absolute atomic E-state index is 13.4. The van der Waals surface area contributed by atoms with E-state index in [1.165, 1.54) is 17.2 Å². The molecule has 3 aromatic rings. The van der Waals surface area contributed by atoms with E-state index in [-0.39, 0.29) is 23.8 Å². The summed E-state index contributed by atoms with van der Waals surface area (Å²) in [7, 11) is 0. The highest BCUT2D eigenvalue weighted by Gasteiger charge is 2.29.